The number of hydrogen-bond acceptors (Lipinski definition) is 2. The lowest BCUT2D eigenvalue weighted by Gasteiger charge is -2.25. The Bertz CT molecular complexity index is 324. The molecule has 0 spiro atoms. The fraction of sp³-hybridized carbons (Fsp3) is 0.571. The van der Waals surface area contributed by atoms with Gasteiger partial charge in [0.05, 0.1) is 0 Å². The summed E-state index contributed by atoms with van der Waals surface area (Å²) in [6, 6.07) is 7.20. The minimum atomic E-state index is 0.103. The van der Waals surface area contributed by atoms with E-state index in [9.17, 15) is 0 Å². The van der Waals surface area contributed by atoms with Crippen LogP contribution in [0, 0.1) is 13.8 Å². The predicted molar refractivity (Wildman–Crippen MR) is 70.6 cm³/mol. The monoisotopic (exact) mass is 220 g/mol. The van der Waals surface area contributed by atoms with E-state index in [1.54, 1.807) is 0 Å². The zero-order valence-corrected chi connectivity index (χ0v) is 11.1. The second-order valence-corrected chi connectivity index (χ2v) is 5.06. The molecule has 1 rings (SSSR count). The summed E-state index contributed by atoms with van der Waals surface area (Å²) in [4.78, 5) is 2.28. The van der Waals surface area contributed by atoms with Crippen LogP contribution in [0.4, 0.5) is 0 Å². The maximum Gasteiger partial charge on any atom is 0.0424 e. The molecule has 2 N–H and O–H groups in total. The van der Waals surface area contributed by atoms with Gasteiger partial charge in [-0.25, -0.2) is 0 Å². The molecule has 0 aliphatic heterocycles. The van der Waals surface area contributed by atoms with Gasteiger partial charge in [-0.05, 0) is 40.3 Å². The molecule has 16 heavy (non-hydrogen) atoms. The van der Waals surface area contributed by atoms with E-state index >= 15 is 0 Å². The third-order valence-corrected chi connectivity index (χ3v) is 3.04. The minimum absolute atomic E-state index is 0.103. The summed E-state index contributed by atoms with van der Waals surface area (Å²) in [7, 11) is 2.12. The van der Waals surface area contributed by atoms with Crippen LogP contribution in [0.5, 0.6) is 0 Å². The molecule has 0 aliphatic rings. The Morgan fingerprint density at radius 1 is 1.12 bits per heavy atom. The zero-order valence-electron chi connectivity index (χ0n) is 11.1. The fourth-order valence-electron chi connectivity index (χ4n) is 1.85. The van der Waals surface area contributed by atoms with Crippen LogP contribution in [-0.4, -0.2) is 24.5 Å². The second kappa shape index (κ2) is 5.46. The molecule has 0 radical (unpaired) electrons. The summed E-state index contributed by atoms with van der Waals surface area (Å²) in [5, 5.41) is 0. The van der Waals surface area contributed by atoms with Gasteiger partial charge in [-0.1, -0.05) is 29.3 Å². The highest BCUT2D eigenvalue weighted by atomic mass is 15.1. The molecule has 1 aromatic carbocycles. The van der Waals surface area contributed by atoms with Gasteiger partial charge in [-0.2, -0.15) is 0 Å². The summed E-state index contributed by atoms with van der Waals surface area (Å²) in [5.74, 6) is 0. The summed E-state index contributed by atoms with van der Waals surface area (Å²) in [5.41, 5.74) is 10.0. The van der Waals surface area contributed by atoms with Crippen molar-refractivity contribution in [3.63, 3.8) is 0 Å². The average molecular weight is 220 g/mol. The molecule has 1 unspecified atom stereocenters. The minimum Gasteiger partial charge on any atom is -0.323 e. The van der Waals surface area contributed by atoms with E-state index in [2.05, 4.69) is 57.8 Å². The standard InChI is InChI=1S/C14H24N2/c1-10(2)16(5)9-14(15)13-7-11(3)6-12(4)8-13/h6-8,10,14H,9,15H2,1-5H3. The number of nitrogens with zero attached hydrogens (tertiary/aromatic N) is 1. The van der Waals surface area contributed by atoms with Crippen LogP contribution in [0.2, 0.25) is 0 Å². The molecular formula is C14H24N2. The second-order valence-electron chi connectivity index (χ2n) is 5.06. The molecule has 1 atom stereocenters. The van der Waals surface area contributed by atoms with Crippen molar-refractivity contribution in [2.75, 3.05) is 13.6 Å². The number of hydrogen-bond donors (Lipinski definition) is 1. The Balaban J connectivity index is 2.76. The summed E-state index contributed by atoms with van der Waals surface area (Å²) in [6.45, 7) is 9.52. The molecule has 2 heteroatoms. The highest BCUT2D eigenvalue weighted by Crippen LogP contribution is 2.16. The third kappa shape index (κ3) is 3.62. The summed E-state index contributed by atoms with van der Waals surface area (Å²) < 4.78 is 0. The Kier molecular flexibility index (Phi) is 4.51. The van der Waals surface area contributed by atoms with Gasteiger partial charge in [-0.15, -0.1) is 0 Å². The van der Waals surface area contributed by atoms with E-state index in [0.717, 1.165) is 6.54 Å². The Hall–Kier alpha value is -0.860. The van der Waals surface area contributed by atoms with Crippen molar-refractivity contribution in [2.24, 2.45) is 5.73 Å². The van der Waals surface area contributed by atoms with Crippen LogP contribution < -0.4 is 5.73 Å². The zero-order chi connectivity index (χ0) is 12.3. The Labute approximate surface area is 99.5 Å². The van der Waals surface area contributed by atoms with Crippen LogP contribution >= 0.6 is 0 Å². The molecular weight excluding hydrogens is 196 g/mol. The molecule has 0 fully saturated rings. The highest BCUT2D eigenvalue weighted by molar-refractivity contribution is 5.30. The molecule has 0 aliphatic carbocycles. The Morgan fingerprint density at radius 3 is 2.06 bits per heavy atom. The maximum absolute atomic E-state index is 6.23. The first-order valence-electron chi connectivity index (χ1n) is 5.94. The van der Waals surface area contributed by atoms with Crippen LogP contribution in [0.15, 0.2) is 18.2 Å². The maximum atomic E-state index is 6.23. The topological polar surface area (TPSA) is 29.3 Å². The number of benzene rings is 1. The molecule has 0 saturated carbocycles. The third-order valence-electron chi connectivity index (χ3n) is 3.04. The van der Waals surface area contributed by atoms with Gasteiger partial charge < -0.3 is 10.6 Å². The first-order chi connectivity index (χ1) is 7.40. The molecule has 0 heterocycles. The first kappa shape index (κ1) is 13.2. The largest absolute Gasteiger partial charge is 0.323 e. The number of likely N-dealkylation sites (N-methyl/N-ethyl adjacent to an activating group) is 1. The van der Waals surface area contributed by atoms with E-state index in [4.69, 9.17) is 5.73 Å². The van der Waals surface area contributed by atoms with E-state index in [-0.39, 0.29) is 6.04 Å². The van der Waals surface area contributed by atoms with Gasteiger partial charge in [0, 0.05) is 18.6 Å². The van der Waals surface area contributed by atoms with Crippen molar-refractivity contribution in [2.45, 2.75) is 39.8 Å². The number of aryl methyl sites for hydroxylation is 2. The van der Waals surface area contributed by atoms with E-state index in [1.165, 1.54) is 16.7 Å². The van der Waals surface area contributed by atoms with Gasteiger partial charge in [0.25, 0.3) is 0 Å². The molecule has 0 saturated heterocycles. The Morgan fingerprint density at radius 2 is 1.62 bits per heavy atom. The average Bonchev–Trinajstić information content (AvgIpc) is 2.15. The van der Waals surface area contributed by atoms with Crippen molar-refractivity contribution in [1.82, 2.24) is 4.90 Å². The van der Waals surface area contributed by atoms with Gasteiger partial charge in [0.2, 0.25) is 0 Å². The fourth-order valence-corrected chi connectivity index (χ4v) is 1.85. The van der Waals surface area contributed by atoms with Crippen molar-refractivity contribution < 1.29 is 0 Å². The molecule has 90 valence electrons. The number of nitrogens with two attached hydrogens (primary N) is 1. The normalized spacial score (nSPS) is 13.5. The van der Waals surface area contributed by atoms with E-state index in [1.807, 2.05) is 0 Å². The van der Waals surface area contributed by atoms with Crippen LogP contribution in [0.1, 0.15) is 36.6 Å². The van der Waals surface area contributed by atoms with Crippen LogP contribution in [-0.2, 0) is 0 Å². The lowest BCUT2D eigenvalue weighted by atomic mass is 10.0. The van der Waals surface area contributed by atoms with Crippen LogP contribution in [0.3, 0.4) is 0 Å². The summed E-state index contributed by atoms with van der Waals surface area (Å²) >= 11 is 0. The summed E-state index contributed by atoms with van der Waals surface area (Å²) in [6.07, 6.45) is 0. The van der Waals surface area contributed by atoms with Gasteiger partial charge >= 0.3 is 0 Å². The molecule has 1 aromatic rings. The van der Waals surface area contributed by atoms with Crippen molar-refractivity contribution in [1.29, 1.82) is 0 Å². The van der Waals surface area contributed by atoms with Crippen LogP contribution in [0.25, 0.3) is 0 Å². The predicted octanol–water partition coefficient (Wildman–Crippen LogP) is 2.64. The molecule has 0 bridgehead atoms. The van der Waals surface area contributed by atoms with E-state index in [0.29, 0.717) is 6.04 Å². The highest BCUT2D eigenvalue weighted by Gasteiger charge is 2.11. The van der Waals surface area contributed by atoms with E-state index < -0.39 is 0 Å². The molecule has 2 nitrogen and oxygen atoms in total. The molecule has 0 amide bonds. The smallest absolute Gasteiger partial charge is 0.0424 e. The molecule has 0 aromatic heterocycles. The lowest BCUT2D eigenvalue weighted by molar-refractivity contribution is 0.257. The van der Waals surface area contributed by atoms with Crippen molar-refractivity contribution in [3.05, 3.63) is 34.9 Å². The number of rotatable bonds is 4. The quantitative estimate of drug-likeness (QED) is 0.845. The first-order valence-corrected chi connectivity index (χ1v) is 5.94. The van der Waals surface area contributed by atoms with Crippen molar-refractivity contribution in [3.8, 4) is 0 Å². The SMILES string of the molecule is Cc1cc(C)cc(C(N)CN(C)C(C)C)c1. The van der Waals surface area contributed by atoms with Gasteiger partial charge in [0.15, 0.2) is 0 Å². The van der Waals surface area contributed by atoms with Gasteiger partial charge in [-0.3, -0.25) is 0 Å². The van der Waals surface area contributed by atoms with Gasteiger partial charge in [0.1, 0.15) is 0 Å². The lowest BCUT2D eigenvalue weighted by Crippen LogP contribution is -2.33. The van der Waals surface area contributed by atoms with Crippen molar-refractivity contribution >= 4 is 0 Å².